The topological polar surface area (TPSA) is 0 Å². The second kappa shape index (κ2) is 4.27. The van der Waals surface area contributed by atoms with Crippen LogP contribution in [-0.4, -0.2) is 0 Å². The third-order valence-corrected chi connectivity index (χ3v) is 1.09. The summed E-state index contributed by atoms with van der Waals surface area (Å²) in [6.45, 7) is 6.19. The molecule has 2 heteroatoms. The maximum Gasteiger partial charge on any atom is 0.270 e. The summed E-state index contributed by atoms with van der Waals surface area (Å²) in [5.41, 5.74) is 0.178. The second-order valence-corrected chi connectivity index (χ2v) is 3.65. The number of allylic oxidation sites excluding steroid dienone is 3. The van der Waals surface area contributed by atoms with Gasteiger partial charge < -0.3 is 0 Å². The Hall–Kier alpha value is -0.660. The molecule has 0 aliphatic carbocycles. The molecule has 0 saturated heterocycles. The van der Waals surface area contributed by atoms with Gasteiger partial charge in [0.25, 0.3) is 6.08 Å². The molecule has 0 amide bonds. The van der Waals surface area contributed by atoms with Crippen molar-refractivity contribution in [3.05, 3.63) is 24.3 Å². The Bertz CT molecular complexity index is 157. The van der Waals surface area contributed by atoms with E-state index in [-0.39, 0.29) is 5.41 Å². The molecule has 0 radical (unpaired) electrons. The van der Waals surface area contributed by atoms with Crippen molar-refractivity contribution in [1.29, 1.82) is 0 Å². The number of hydrogen-bond donors (Lipinski definition) is 0. The summed E-state index contributed by atoms with van der Waals surface area (Å²) in [7, 11) is 0. The zero-order valence-electron chi connectivity index (χ0n) is 7.20. The fraction of sp³-hybridized carbons (Fsp3) is 0.556. The van der Waals surface area contributed by atoms with Crippen LogP contribution in [0.5, 0.6) is 0 Å². The van der Waals surface area contributed by atoms with E-state index in [4.69, 9.17) is 0 Å². The third-order valence-electron chi connectivity index (χ3n) is 1.09. The molecular weight excluding hydrogens is 146 g/mol. The zero-order chi connectivity index (χ0) is 8.91. The van der Waals surface area contributed by atoms with Crippen LogP contribution in [0.25, 0.3) is 0 Å². The van der Waals surface area contributed by atoms with E-state index in [1.54, 1.807) is 6.08 Å². The highest BCUT2D eigenvalue weighted by Gasteiger charge is 2.05. The molecular formula is C9H14F2. The summed E-state index contributed by atoms with van der Waals surface area (Å²) in [6.07, 6.45) is 3.12. The van der Waals surface area contributed by atoms with Gasteiger partial charge in [0, 0.05) is 6.08 Å². The first-order chi connectivity index (χ1) is 4.92. The smallest absolute Gasteiger partial charge is 0.173 e. The van der Waals surface area contributed by atoms with Crippen LogP contribution in [-0.2, 0) is 0 Å². The number of rotatable bonds is 2. The Morgan fingerprint density at radius 3 is 2.18 bits per heavy atom. The average Bonchev–Trinajstić information content (AvgIpc) is 1.78. The quantitative estimate of drug-likeness (QED) is 0.539. The second-order valence-electron chi connectivity index (χ2n) is 3.65. The Labute approximate surface area is 66.6 Å². The molecule has 64 valence electrons. The lowest BCUT2D eigenvalue weighted by molar-refractivity contribution is 0.417. The van der Waals surface area contributed by atoms with E-state index in [1.807, 2.05) is 0 Å². The summed E-state index contributed by atoms with van der Waals surface area (Å²) in [5, 5.41) is 0. The maximum atomic E-state index is 11.5. The van der Waals surface area contributed by atoms with Crippen molar-refractivity contribution >= 4 is 0 Å². The molecule has 0 atom stereocenters. The molecule has 11 heavy (non-hydrogen) atoms. The van der Waals surface area contributed by atoms with Crippen LogP contribution in [0.15, 0.2) is 24.3 Å². The van der Waals surface area contributed by atoms with Crippen molar-refractivity contribution in [3.8, 4) is 0 Å². The van der Waals surface area contributed by atoms with Gasteiger partial charge in [0.15, 0.2) is 0 Å². The van der Waals surface area contributed by atoms with E-state index < -0.39 is 6.08 Å². The predicted molar refractivity (Wildman–Crippen MR) is 43.5 cm³/mol. The first kappa shape index (κ1) is 10.3. The van der Waals surface area contributed by atoms with Gasteiger partial charge in [-0.3, -0.25) is 0 Å². The van der Waals surface area contributed by atoms with E-state index in [2.05, 4.69) is 20.8 Å². The minimum atomic E-state index is -1.64. The first-order valence-electron chi connectivity index (χ1n) is 3.60. The summed E-state index contributed by atoms with van der Waals surface area (Å²) in [4.78, 5) is 0. The normalized spacial score (nSPS) is 12.1. The number of halogens is 2. The Morgan fingerprint density at radius 1 is 1.27 bits per heavy atom. The molecule has 0 rings (SSSR count). The highest BCUT2D eigenvalue weighted by Crippen LogP contribution is 2.18. The zero-order valence-corrected chi connectivity index (χ0v) is 7.20. The van der Waals surface area contributed by atoms with Gasteiger partial charge in [-0.15, -0.1) is 0 Å². The van der Waals surface area contributed by atoms with Crippen LogP contribution in [0.3, 0.4) is 0 Å². The average molecular weight is 160 g/mol. The van der Waals surface area contributed by atoms with Crippen molar-refractivity contribution in [2.24, 2.45) is 5.41 Å². The molecule has 0 heterocycles. The fourth-order valence-corrected chi connectivity index (χ4v) is 0.562. The van der Waals surface area contributed by atoms with Crippen LogP contribution in [0, 0.1) is 5.41 Å². The Balaban J connectivity index is 3.71. The highest BCUT2D eigenvalue weighted by atomic mass is 19.3. The Kier molecular flexibility index (Phi) is 4.01. The Morgan fingerprint density at radius 2 is 1.82 bits per heavy atom. The molecule has 0 aromatic heterocycles. The van der Waals surface area contributed by atoms with Crippen molar-refractivity contribution in [1.82, 2.24) is 0 Å². The molecule has 0 fully saturated rings. The molecule has 0 aromatic carbocycles. The predicted octanol–water partition coefficient (Wildman–Crippen LogP) is 3.76. The van der Waals surface area contributed by atoms with Crippen molar-refractivity contribution < 1.29 is 8.78 Å². The lowest BCUT2D eigenvalue weighted by Crippen LogP contribution is -2.01. The van der Waals surface area contributed by atoms with Crippen LogP contribution in [0.1, 0.15) is 27.2 Å². The van der Waals surface area contributed by atoms with E-state index in [0.29, 0.717) is 0 Å². The molecule has 0 aromatic rings. The molecule has 0 saturated carbocycles. The monoisotopic (exact) mass is 160 g/mol. The molecule has 0 unspecified atom stereocenters. The lowest BCUT2D eigenvalue weighted by Gasteiger charge is -2.13. The van der Waals surface area contributed by atoms with Crippen molar-refractivity contribution in [3.63, 3.8) is 0 Å². The molecule has 0 spiro atoms. The molecule has 0 aliphatic heterocycles. The van der Waals surface area contributed by atoms with Crippen molar-refractivity contribution in [2.45, 2.75) is 27.2 Å². The first-order valence-corrected chi connectivity index (χ1v) is 3.60. The van der Waals surface area contributed by atoms with Gasteiger partial charge in [-0.05, 0) is 11.8 Å². The lowest BCUT2D eigenvalue weighted by atomic mass is 9.92. The van der Waals surface area contributed by atoms with Gasteiger partial charge in [-0.1, -0.05) is 32.9 Å². The van der Waals surface area contributed by atoms with Crippen LogP contribution >= 0.6 is 0 Å². The van der Waals surface area contributed by atoms with Crippen molar-refractivity contribution in [2.75, 3.05) is 0 Å². The molecule has 0 bridgehead atoms. The van der Waals surface area contributed by atoms with E-state index in [1.165, 1.54) is 6.08 Å². The summed E-state index contributed by atoms with van der Waals surface area (Å²) < 4.78 is 22.9. The summed E-state index contributed by atoms with van der Waals surface area (Å²) in [5.74, 6) is 0. The van der Waals surface area contributed by atoms with Crippen LogP contribution in [0.2, 0.25) is 0 Å². The minimum absolute atomic E-state index is 0.178. The van der Waals surface area contributed by atoms with Crippen LogP contribution in [0.4, 0.5) is 8.78 Å². The summed E-state index contributed by atoms with van der Waals surface area (Å²) in [6, 6.07) is 0. The minimum Gasteiger partial charge on any atom is -0.173 e. The third kappa shape index (κ3) is 9.34. The number of hydrogen-bond acceptors (Lipinski definition) is 0. The van der Waals surface area contributed by atoms with Crippen LogP contribution < -0.4 is 0 Å². The highest BCUT2D eigenvalue weighted by molar-refractivity contribution is 5.03. The van der Waals surface area contributed by atoms with Gasteiger partial charge in [0.05, 0.1) is 0 Å². The fourth-order valence-electron chi connectivity index (χ4n) is 0.562. The van der Waals surface area contributed by atoms with Gasteiger partial charge in [-0.25, -0.2) is 0 Å². The molecule has 0 aliphatic rings. The van der Waals surface area contributed by atoms with Gasteiger partial charge in [0.1, 0.15) is 0 Å². The van der Waals surface area contributed by atoms with Gasteiger partial charge >= 0.3 is 0 Å². The standard InChI is InChI=1S/C9H14F2/c1-9(2,3)7-5-4-6-8(10)11/h4-6H,7H2,1-3H3/b5-4-. The SMILES string of the molecule is CC(C)(C)C/C=C\C=C(F)F. The molecule has 0 N–H and O–H groups in total. The maximum absolute atomic E-state index is 11.5. The largest absolute Gasteiger partial charge is 0.270 e. The van der Waals surface area contributed by atoms with E-state index in [0.717, 1.165) is 12.5 Å². The van der Waals surface area contributed by atoms with E-state index in [9.17, 15) is 8.78 Å². The summed E-state index contributed by atoms with van der Waals surface area (Å²) >= 11 is 0. The van der Waals surface area contributed by atoms with Gasteiger partial charge in [-0.2, -0.15) is 8.78 Å². The van der Waals surface area contributed by atoms with Gasteiger partial charge in [0.2, 0.25) is 0 Å². The molecule has 0 nitrogen and oxygen atoms in total. The van der Waals surface area contributed by atoms with E-state index >= 15 is 0 Å².